The first-order chi connectivity index (χ1) is 7.20. The number of nitrogen functional groups attached to an aromatic ring is 1. The Morgan fingerprint density at radius 2 is 2.13 bits per heavy atom. The highest BCUT2D eigenvalue weighted by Crippen LogP contribution is 2.29. The van der Waals surface area contributed by atoms with Crippen LogP contribution in [0.15, 0.2) is 24.8 Å². The maximum atomic E-state index is 13.4. The van der Waals surface area contributed by atoms with Crippen LogP contribution in [0, 0.1) is 5.82 Å². The molecule has 2 rings (SSSR count). The maximum Gasteiger partial charge on any atom is 0.150 e. The molecule has 0 saturated carbocycles. The summed E-state index contributed by atoms with van der Waals surface area (Å²) < 4.78 is 13.4. The zero-order valence-electron chi connectivity index (χ0n) is 7.48. The summed E-state index contributed by atoms with van der Waals surface area (Å²) in [4.78, 5) is 11.2. The molecule has 2 N–H and O–H groups in total. The van der Waals surface area contributed by atoms with E-state index in [0.29, 0.717) is 0 Å². The predicted octanol–water partition coefficient (Wildman–Crippen LogP) is 1.91. The van der Waals surface area contributed by atoms with Gasteiger partial charge in [-0.2, -0.15) is 0 Å². The SMILES string of the molecule is Nc1ncnc(-c2ccncc2F)c1Cl. The molecule has 0 atom stereocenters. The van der Waals surface area contributed by atoms with E-state index in [1.807, 2.05) is 0 Å². The number of nitrogens with zero attached hydrogens (tertiary/aromatic N) is 3. The minimum atomic E-state index is -0.502. The van der Waals surface area contributed by atoms with Crippen LogP contribution in [0.1, 0.15) is 0 Å². The van der Waals surface area contributed by atoms with Crippen molar-refractivity contribution in [1.29, 1.82) is 0 Å². The Kier molecular flexibility index (Phi) is 2.47. The molecule has 2 aromatic heterocycles. The summed E-state index contributed by atoms with van der Waals surface area (Å²) in [6, 6.07) is 1.48. The van der Waals surface area contributed by atoms with E-state index in [9.17, 15) is 4.39 Å². The van der Waals surface area contributed by atoms with E-state index in [4.69, 9.17) is 17.3 Å². The van der Waals surface area contributed by atoms with E-state index in [0.717, 1.165) is 6.20 Å². The van der Waals surface area contributed by atoms with Crippen LogP contribution in [0.2, 0.25) is 5.02 Å². The van der Waals surface area contributed by atoms with Crippen molar-refractivity contribution in [3.63, 3.8) is 0 Å². The van der Waals surface area contributed by atoms with Crippen molar-refractivity contribution < 1.29 is 4.39 Å². The van der Waals surface area contributed by atoms with Crippen molar-refractivity contribution in [3.8, 4) is 11.3 Å². The van der Waals surface area contributed by atoms with Gasteiger partial charge < -0.3 is 5.73 Å². The highest BCUT2D eigenvalue weighted by Gasteiger charge is 2.12. The molecule has 76 valence electrons. The summed E-state index contributed by atoms with van der Waals surface area (Å²) in [5.74, 6) is -0.379. The van der Waals surface area contributed by atoms with Gasteiger partial charge in [0.1, 0.15) is 17.2 Å². The predicted molar refractivity (Wildman–Crippen MR) is 54.6 cm³/mol. The van der Waals surface area contributed by atoms with Crippen LogP contribution < -0.4 is 5.73 Å². The van der Waals surface area contributed by atoms with Crippen molar-refractivity contribution in [1.82, 2.24) is 15.0 Å². The van der Waals surface area contributed by atoms with Gasteiger partial charge in [-0.1, -0.05) is 11.6 Å². The summed E-state index contributed by atoms with van der Waals surface area (Å²) in [6.45, 7) is 0. The van der Waals surface area contributed by atoms with Crippen molar-refractivity contribution in [2.75, 3.05) is 5.73 Å². The number of rotatable bonds is 1. The van der Waals surface area contributed by atoms with Crippen LogP contribution in [-0.4, -0.2) is 15.0 Å². The first kappa shape index (κ1) is 9.79. The van der Waals surface area contributed by atoms with Gasteiger partial charge in [-0.25, -0.2) is 14.4 Å². The topological polar surface area (TPSA) is 64.7 Å². The Balaban J connectivity index is 2.65. The van der Waals surface area contributed by atoms with Crippen LogP contribution in [0.4, 0.5) is 10.2 Å². The Morgan fingerprint density at radius 3 is 2.87 bits per heavy atom. The lowest BCUT2D eigenvalue weighted by molar-refractivity contribution is 0.624. The van der Waals surface area contributed by atoms with Gasteiger partial charge in [0.25, 0.3) is 0 Å². The number of hydrogen-bond acceptors (Lipinski definition) is 4. The second-order valence-corrected chi connectivity index (χ2v) is 3.15. The molecular weight excluding hydrogens is 219 g/mol. The van der Waals surface area contributed by atoms with E-state index in [-0.39, 0.29) is 22.1 Å². The average Bonchev–Trinajstić information content (AvgIpc) is 2.23. The van der Waals surface area contributed by atoms with E-state index in [2.05, 4.69) is 15.0 Å². The number of aromatic nitrogens is 3. The molecule has 0 aliphatic heterocycles. The van der Waals surface area contributed by atoms with Gasteiger partial charge in [-0.3, -0.25) is 4.98 Å². The molecule has 0 radical (unpaired) electrons. The number of anilines is 1. The Morgan fingerprint density at radius 1 is 1.33 bits per heavy atom. The van der Waals surface area contributed by atoms with E-state index < -0.39 is 5.82 Å². The van der Waals surface area contributed by atoms with Crippen LogP contribution in [0.3, 0.4) is 0 Å². The second kappa shape index (κ2) is 3.78. The third-order valence-electron chi connectivity index (χ3n) is 1.84. The van der Waals surface area contributed by atoms with Crippen molar-refractivity contribution in [2.45, 2.75) is 0 Å². The molecule has 2 aromatic rings. The van der Waals surface area contributed by atoms with Gasteiger partial charge in [-0.05, 0) is 6.07 Å². The van der Waals surface area contributed by atoms with E-state index in [1.54, 1.807) is 0 Å². The Bertz CT molecular complexity index is 503. The largest absolute Gasteiger partial charge is 0.382 e. The van der Waals surface area contributed by atoms with Crippen LogP contribution in [0.5, 0.6) is 0 Å². The molecule has 0 aliphatic carbocycles. The van der Waals surface area contributed by atoms with Crippen LogP contribution in [0.25, 0.3) is 11.3 Å². The molecule has 15 heavy (non-hydrogen) atoms. The van der Waals surface area contributed by atoms with Gasteiger partial charge in [0.15, 0.2) is 5.82 Å². The van der Waals surface area contributed by atoms with E-state index in [1.165, 1.54) is 18.6 Å². The number of halogens is 2. The van der Waals surface area contributed by atoms with Gasteiger partial charge in [0.05, 0.1) is 11.9 Å². The van der Waals surface area contributed by atoms with Crippen molar-refractivity contribution in [3.05, 3.63) is 35.6 Å². The molecule has 0 bridgehead atoms. The molecule has 0 spiro atoms. The van der Waals surface area contributed by atoms with Gasteiger partial charge in [0, 0.05) is 11.8 Å². The fourth-order valence-corrected chi connectivity index (χ4v) is 1.34. The Labute approximate surface area is 90.0 Å². The molecule has 2 heterocycles. The molecule has 0 unspecified atom stereocenters. The first-order valence-electron chi connectivity index (χ1n) is 4.06. The number of nitrogens with two attached hydrogens (primary N) is 1. The summed E-state index contributed by atoms with van der Waals surface area (Å²) in [5.41, 5.74) is 6.01. The van der Waals surface area contributed by atoms with E-state index >= 15 is 0 Å². The molecule has 0 aromatic carbocycles. The minimum Gasteiger partial charge on any atom is -0.382 e. The number of pyridine rings is 1. The Hall–Kier alpha value is -1.75. The summed E-state index contributed by atoms with van der Waals surface area (Å²) in [7, 11) is 0. The monoisotopic (exact) mass is 224 g/mol. The fraction of sp³-hybridized carbons (Fsp3) is 0. The summed E-state index contributed by atoms with van der Waals surface area (Å²) >= 11 is 5.86. The molecule has 6 heteroatoms. The van der Waals surface area contributed by atoms with Crippen LogP contribution >= 0.6 is 11.6 Å². The molecule has 0 aliphatic rings. The van der Waals surface area contributed by atoms with Gasteiger partial charge in [0.2, 0.25) is 0 Å². The zero-order chi connectivity index (χ0) is 10.8. The third kappa shape index (κ3) is 1.73. The fourth-order valence-electron chi connectivity index (χ4n) is 1.14. The smallest absolute Gasteiger partial charge is 0.150 e. The van der Waals surface area contributed by atoms with Crippen LogP contribution in [-0.2, 0) is 0 Å². The minimum absolute atomic E-state index is 0.123. The molecule has 0 saturated heterocycles. The highest BCUT2D eigenvalue weighted by molar-refractivity contribution is 6.35. The number of hydrogen-bond donors (Lipinski definition) is 1. The molecule has 0 fully saturated rings. The standard InChI is InChI=1S/C9H6ClFN4/c10-7-8(14-4-15-9(7)12)5-1-2-13-3-6(5)11/h1-4H,(H2,12,14,15). The maximum absolute atomic E-state index is 13.4. The zero-order valence-corrected chi connectivity index (χ0v) is 8.24. The molecule has 0 amide bonds. The quantitative estimate of drug-likeness (QED) is 0.804. The highest BCUT2D eigenvalue weighted by atomic mass is 35.5. The lowest BCUT2D eigenvalue weighted by Gasteiger charge is -2.04. The lowest BCUT2D eigenvalue weighted by Crippen LogP contribution is -1.97. The third-order valence-corrected chi connectivity index (χ3v) is 2.22. The first-order valence-corrected chi connectivity index (χ1v) is 4.44. The molecular formula is C9H6ClFN4. The van der Waals surface area contributed by atoms with Gasteiger partial charge >= 0.3 is 0 Å². The average molecular weight is 225 g/mol. The second-order valence-electron chi connectivity index (χ2n) is 2.78. The summed E-state index contributed by atoms with van der Waals surface area (Å²) in [5, 5.41) is 0.141. The lowest BCUT2D eigenvalue weighted by atomic mass is 10.2. The summed E-state index contributed by atoms with van der Waals surface area (Å²) in [6.07, 6.45) is 3.77. The molecule has 4 nitrogen and oxygen atoms in total. The van der Waals surface area contributed by atoms with Crippen molar-refractivity contribution in [2.24, 2.45) is 0 Å². The van der Waals surface area contributed by atoms with Crippen molar-refractivity contribution >= 4 is 17.4 Å². The normalized spacial score (nSPS) is 10.3. The van der Waals surface area contributed by atoms with Gasteiger partial charge in [-0.15, -0.1) is 0 Å².